The van der Waals surface area contributed by atoms with Crippen LogP contribution in [0.25, 0.3) is 6.08 Å². The van der Waals surface area contributed by atoms with E-state index >= 15 is 0 Å². The first-order chi connectivity index (χ1) is 15.3. The van der Waals surface area contributed by atoms with Gasteiger partial charge in [0.05, 0.1) is 16.0 Å². The van der Waals surface area contributed by atoms with Gasteiger partial charge in [-0.2, -0.15) is 0 Å². The van der Waals surface area contributed by atoms with Gasteiger partial charge in [0.2, 0.25) is 5.91 Å². The van der Waals surface area contributed by atoms with Crippen LogP contribution in [0.3, 0.4) is 0 Å². The zero-order valence-electron chi connectivity index (χ0n) is 18.2. The van der Waals surface area contributed by atoms with Crippen molar-refractivity contribution in [2.45, 2.75) is 33.1 Å². The van der Waals surface area contributed by atoms with E-state index < -0.39 is 17.1 Å². The van der Waals surface area contributed by atoms with Crippen LogP contribution in [-0.2, 0) is 9.59 Å². The van der Waals surface area contributed by atoms with Crippen LogP contribution >= 0.6 is 27.7 Å². The second kappa shape index (κ2) is 10.8. The molecule has 2 aromatic rings. The number of rotatable bonds is 8. The Morgan fingerprint density at radius 3 is 2.53 bits per heavy atom. The minimum Gasteiger partial charge on any atom is -0.492 e. The summed E-state index contributed by atoms with van der Waals surface area (Å²) in [6, 6.07) is 13.0. The number of amides is 3. The number of imide groups is 1. The lowest BCUT2D eigenvalue weighted by molar-refractivity contribution is -0.127. The molecule has 1 aliphatic heterocycles. The summed E-state index contributed by atoms with van der Waals surface area (Å²) >= 11 is 4.29. The molecule has 0 spiro atoms. The molecule has 3 rings (SSSR count). The van der Waals surface area contributed by atoms with Crippen LogP contribution in [0.2, 0.25) is 0 Å². The van der Waals surface area contributed by atoms with E-state index in [-0.39, 0.29) is 11.4 Å². The summed E-state index contributed by atoms with van der Waals surface area (Å²) in [5, 5.41) is 2.27. The van der Waals surface area contributed by atoms with E-state index in [1.54, 1.807) is 6.08 Å². The minimum atomic E-state index is -0.479. The standard InChI is InChI=1S/C24H25BrN2O4S/c1-4-11-31-20-10-5-16(12-19(20)25)13-21-23(29)27(24(30)32-21)14-22(28)26-18-8-6-17(7-9-18)15(2)3/h5-10,12-13,15H,4,11,14H2,1-3H3,(H,26,28)/b21-13-. The number of benzene rings is 2. The Bertz CT molecular complexity index is 1050. The SMILES string of the molecule is CCCOc1ccc(/C=C2\SC(=O)N(CC(=O)Nc3ccc(C(C)C)cc3)C2=O)cc1Br. The third kappa shape index (κ3) is 6.01. The third-order valence-corrected chi connectivity index (χ3v) is 6.28. The Morgan fingerprint density at radius 2 is 1.91 bits per heavy atom. The van der Waals surface area contributed by atoms with Crippen LogP contribution in [0.5, 0.6) is 5.75 Å². The molecule has 1 heterocycles. The summed E-state index contributed by atoms with van der Waals surface area (Å²) in [4.78, 5) is 38.7. The maximum Gasteiger partial charge on any atom is 0.294 e. The highest BCUT2D eigenvalue weighted by Crippen LogP contribution is 2.34. The summed E-state index contributed by atoms with van der Waals surface area (Å²) in [7, 11) is 0. The molecule has 6 nitrogen and oxygen atoms in total. The maximum atomic E-state index is 12.7. The van der Waals surface area contributed by atoms with Gasteiger partial charge in [-0.25, -0.2) is 0 Å². The largest absolute Gasteiger partial charge is 0.492 e. The highest BCUT2D eigenvalue weighted by atomic mass is 79.9. The van der Waals surface area contributed by atoms with Crippen molar-refractivity contribution in [1.29, 1.82) is 0 Å². The lowest BCUT2D eigenvalue weighted by Gasteiger charge is -2.13. The van der Waals surface area contributed by atoms with Crippen molar-refractivity contribution >= 4 is 56.5 Å². The molecule has 0 unspecified atom stereocenters. The van der Waals surface area contributed by atoms with Crippen LogP contribution in [0, 0.1) is 0 Å². The summed E-state index contributed by atoms with van der Waals surface area (Å²) in [6.45, 7) is 6.49. The summed E-state index contributed by atoms with van der Waals surface area (Å²) in [5.41, 5.74) is 2.54. The molecule has 1 N–H and O–H groups in total. The Hall–Kier alpha value is -2.58. The number of hydrogen-bond acceptors (Lipinski definition) is 5. The first kappa shape index (κ1) is 24.1. The van der Waals surface area contributed by atoms with Crippen LogP contribution in [0.15, 0.2) is 51.8 Å². The van der Waals surface area contributed by atoms with Crippen molar-refractivity contribution in [3.05, 3.63) is 63.0 Å². The van der Waals surface area contributed by atoms with Gasteiger partial charge in [0, 0.05) is 5.69 Å². The van der Waals surface area contributed by atoms with Crippen LogP contribution in [0.1, 0.15) is 44.2 Å². The molecule has 0 aromatic heterocycles. The van der Waals surface area contributed by atoms with E-state index in [9.17, 15) is 14.4 Å². The molecule has 1 saturated heterocycles. The molecular formula is C24H25BrN2O4S. The number of halogens is 1. The summed E-state index contributed by atoms with van der Waals surface area (Å²) < 4.78 is 6.40. The monoisotopic (exact) mass is 516 g/mol. The van der Waals surface area contributed by atoms with Gasteiger partial charge in [0.15, 0.2) is 0 Å². The van der Waals surface area contributed by atoms with Crippen molar-refractivity contribution < 1.29 is 19.1 Å². The zero-order chi connectivity index (χ0) is 23.3. The average Bonchev–Trinajstić information content (AvgIpc) is 3.01. The van der Waals surface area contributed by atoms with E-state index in [0.29, 0.717) is 18.2 Å². The van der Waals surface area contributed by atoms with E-state index in [2.05, 4.69) is 35.1 Å². The van der Waals surface area contributed by atoms with Crippen LogP contribution in [-0.4, -0.2) is 35.1 Å². The predicted molar refractivity (Wildman–Crippen MR) is 132 cm³/mol. The number of nitrogens with one attached hydrogen (secondary N) is 1. The Morgan fingerprint density at radius 1 is 1.19 bits per heavy atom. The van der Waals surface area contributed by atoms with Gasteiger partial charge >= 0.3 is 0 Å². The number of anilines is 1. The van der Waals surface area contributed by atoms with Gasteiger partial charge in [-0.05, 0) is 81.5 Å². The van der Waals surface area contributed by atoms with Crippen molar-refractivity contribution in [3.63, 3.8) is 0 Å². The lowest BCUT2D eigenvalue weighted by atomic mass is 10.0. The number of thioether (sulfide) groups is 1. The van der Waals surface area contributed by atoms with E-state index in [1.807, 2.05) is 49.4 Å². The quantitative estimate of drug-likeness (QED) is 0.433. The van der Waals surface area contributed by atoms with Gasteiger partial charge in [0.1, 0.15) is 12.3 Å². The molecule has 1 aliphatic rings. The fourth-order valence-electron chi connectivity index (χ4n) is 3.02. The number of carbonyl (C=O) groups excluding carboxylic acids is 3. The molecule has 0 aliphatic carbocycles. The number of ether oxygens (including phenoxy) is 1. The molecule has 168 valence electrons. The van der Waals surface area contributed by atoms with E-state index in [4.69, 9.17) is 4.74 Å². The topological polar surface area (TPSA) is 75.7 Å². The summed E-state index contributed by atoms with van der Waals surface area (Å²) in [6.07, 6.45) is 2.54. The Balaban J connectivity index is 1.65. The van der Waals surface area contributed by atoms with E-state index in [1.165, 1.54) is 0 Å². The summed E-state index contributed by atoms with van der Waals surface area (Å²) in [5.74, 6) is 0.205. The number of nitrogens with zero attached hydrogens (tertiary/aromatic N) is 1. The second-order valence-electron chi connectivity index (χ2n) is 7.63. The second-order valence-corrected chi connectivity index (χ2v) is 9.48. The minimum absolute atomic E-state index is 0.276. The molecule has 1 fully saturated rings. The molecule has 0 radical (unpaired) electrons. The average molecular weight is 517 g/mol. The number of carbonyl (C=O) groups is 3. The fourth-order valence-corrected chi connectivity index (χ4v) is 4.37. The first-order valence-electron chi connectivity index (χ1n) is 10.4. The molecule has 3 amide bonds. The van der Waals surface area contributed by atoms with Gasteiger partial charge in [-0.3, -0.25) is 19.3 Å². The highest BCUT2D eigenvalue weighted by Gasteiger charge is 2.36. The molecule has 0 saturated carbocycles. The van der Waals surface area contributed by atoms with E-state index in [0.717, 1.165) is 44.4 Å². The molecule has 2 aromatic carbocycles. The molecule has 0 atom stereocenters. The normalized spacial score (nSPS) is 15.0. The van der Waals surface area contributed by atoms with Gasteiger partial charge < -0.3 is 10.1 Å². The third-order valence-electron chi connectivity index (χ3n) is 4.75. The smallest absolute Gasteiger partial charge is 0.294 e. The first-order valence-corrected chi connectivity index (χ1v) is 12.0. The van der Waals surface area contributed by atoms with Gasteiger partial charge in [-0.1, -0.05) is 39.0 Å². The van der Waals surface area contributed by atoms with Crippen molar-refractivity contribution in [3.8, 4) is 5.75 Å². The van der Waals surface area contributed by atoms with Crippen molar-refractivity contribution in [2.75, 3.05) is 18.5 Å². The van der Waals surface area contributed by atoms with Crippen molar-refractivity contribution in [1.82, 2.24) is 4.90 Å². The molecule has 32 heavy (non-hydrogen) atoms. The maximum absolute atomic E-state index is 12.7. The van der Waals surface area contributed by atoms with Gasteiger partial charge in [0.25, 0.3) is 11.1 Å². The molecule has 0 bridgehead atoms. The fraction of sp³-hybridized carbons (Fsp3) is 0.292. The van der Waals surface area contributed by atoms with Crippen LogP contribution < -0.4 is 10.1 Å². The zero-order valence-corrected chi connectivity index (χ0v) is 20.6. The highest BCUT2D eigenvalue weighted by molar-refractivity contribution is 9.10. The molecule has 8 heteroatoms. The van der Waals surface area contributed by atoms with Crippen LogP contribution in [0.4, 0.5) is 10.5 Å². The lowest BCUT2D eigenvalue weighted by Crippen LogP contribution is -2.36. The molecular weight excluding hydrogens is 492 g/mol. The van der Waals surface area contributed by atoms with Gasteiger partial charge in [-0.15, -0.1) is 0 Å². The number of hydrogen-bond donors (Lipinski definition) is 1. The Labute approximate surface area is 200 Å². The predicted octanol–water partition coefficient (Wildman–Crippen LogP) is 6.04. The Kier molecular flexibility index (Phi) is 8.15. The van der Waals surface area contributed by atoms with Crippen molar-refractivity contribution in [2.24, 2.45) is 0 Å².